The molecule has 0 saturated carbocycles. The van der Waals surface area contributed by atoms with E-state index in [9.17, 15) is 13.2 Å². The van der Waals surface area contributed by atoms with Crippen LogP contribution >= 0.6 is 0 Å². The van der Waals surface area contributed by atoms with Crippen LogP contribution in [0.1, 0.15) is 22.3 Å². The Labute approximate surface area is 148 Å². The topological polar surface area (TPSA) is 87.3 Å². The molecule has 0 atom stereocenters. The van der Waals surface area contributed by atoms with Crippen molar-refractivity contribution in [1.29, 1.82) is 0 Å². The van der Waals surface area contributed by atoms with Crippen molar-refractivity contribution in [2.45, 2.75) is 18.2 Å². The number of hydrogen-bond acceptors (Lipinski definition) is 4. The molecule has 0 bridgehead atoms. The summed E-state index contributed by atoms with van der Waals surface area (Å²) in [6.07, 6.45) is 0.791. The van der Waals surface area contributed by atoms with Crippen LogP contribution < -0.4 is 15.4 Å². The van der Waals surface area contributed by atoms with Gasteiger partial charge in [0.15, 0.2) is 0 Å². The molecule has 0 saturated heterocycles. The van der Waals surface area contributed by atoms with Crippen LogP contribution in [0.4, 0.5) is 5.69 Å². The Balaban J connectivity index is 2.17. The second kappa shape index (κ2) is 8.64. The third kappa shape index (κ3) is 5.30. The van der Waals surface area contributed by atoms with E-state index in [0.29, 0.717) is 12.1 Å². The summed E-state index contributed by atoms with van der Waals surface area (Å²) in [7, 11) is -1.91. The molecule has 0 unspecified atom stereocenters. The highest BCUT2D eigenvalue weighted by Crippen LogP contribution is 2.20. The zero-order valence-corrected chi connectivity index (χ0v) is 15.2. The maximum absolute atomic E-state index is 12.5. The predicted molar refractivity (Wildman–Crippen MR) is 99.3 cm³/mol. The lowest BCUT2D eigenvalue weighted by atomic mass is 10.1. The molecule has 134 valence electrons. The number of anilines is 1. The zero-order valence-electron chi connectivity index (χ0n) is 14.4. The van der Waals surface area contributed by atoms with Crippen molar-refractivity contribution in [1.82, 2.24) is 10.6 Å². The summed E-state index contributed by atoms with van der Waals surface area (Å²) < 4.78 is 27.6. The standard InChI is InChI=1S/C18H23N3O3S/c1-14-8-10-15(11-9-14)25(23,24)21-17-7-4-3-6-16(17)18(22)20-13-5-12-19-2/h3-4,6-11,19,21H,5,12-13H2,1-2H3,(H,20,22). The van der Waals surface area contributed by atoms with E-state index >= 15 is 0 Å². The second-order valence-corrected chi connectivity index (χ2v) is 7.36. The highest BCUT2D eigenvalue weighted by molar-refractivity contribution is 7.92. The summed E-state index contributed by atoms with van der Waals surface area (Å²) in [5, 5.41) is 5.80. The number of rotatable bonds is 8. The zero-order chi connectivity index (χ0) is 18.3. The summed E-state index contributed by atoms with van der Waals surface area (Å²) in [6, 6.07) is 13.1. The van der Waals surface area contributed by atoms with Gasteiger partial charge in [-0.1, -0.05) is 29.8 Å². The molecule has 25 heavy (non-hydrogen) atoms. The molecule has 7 heteroatoms. The number of aryl methyl sites for hydroxylation is 1. The van der Waals surface area contributed by atoms with E-state index in [1.165, 1.54) is 12.1 Å². The fraction of sp³-hybridized carbons (Fsp3) is 0.278. The average Bonchev–Trinajstić information content (AvgIpc) is 2.59. The Bertz CT molecular complexity index is 818. The maximum Gasteiger partial charge on any atom is 0.261 e. The van der Waals surface area contributed by atoms with Gasteiger partial charge in [-0.05, 0) is 51.2 Å². The lowest BCUT2D eigenvalue weighted by molar-refractivity contribution is 0.0954. The van der Waals surface area contributed by atoms with Gasteiger partial charge in [0.1, 0.15) is 0 Å². The molecule has 0 aliphatic carbocycles. The minimum atomic E-state index is -3.76. The van der Waals surface area contributed by atoms with Crippen LogP contribution in [-0.4, -0.2) is 34.5 Å². The van der Waals surface area contributed by atoms with Gasteiger partial charge in [-0.2, -0.15) is 0 Å². The molecule has 1 amide bonds. The molecule has 0 aliphatic rings. The molecular formula is C18H23N3O3S. The van der Waals surface area contributed by atoms with E-state index in [2.05, 4.69) is 15.4 Å². The first-order valence-corrected chi connectivity index (χ1v) is 9.53. The van der Waals surface area contributed by atoms with Gasteiger partial charge in [0.2, 0.25) is 0 Å². The molecule has 0 heterocycles. The number of para-hydroxylation sites is 1. The summed E-state index contributed by atoms with van der Waals surface area (Å²) in [4.78, 5) is 12.5. The van der Waals surface area contributed by atoms with E-state index in [-0.39, 0.29) is 16.5 Å². The van der Waals surface area contributed by atoms with Crippen LogP contribution in [0, 0.1) is 6.92 Å². The summed E-state index contributed by atoms with van der Waals surface area (Å²) >= 11 is 0. The second-order valence-electron chi connectivity index (χ2n) is 5.68. The summed E-state index contributed by atoms with van der Waals surface area (Å²) in [5.74, 6) is -0.307. The minimum absolute atomic E-state index is 0.155. The van der Waals surface area contributed by atoms with E-state index in [1.54, 1.807) is 36.4 Å². The fourth-order valence-electron chi connectivity index (χ4n) is 2.25. The van der Waals surface area contributed by atoms with Crippen molar-refractivity contribution in [3.63, 3.8) is 0 Å². The van der Waals surface area contributed by atoms with Crippen molar-refractivity contribution in [3.05, 3.63) is 59.7 Å². The highest BCUT2D eigenvalue weighted by atomic mass is 32.2. The molecule has 2 aromatic carbocycles. The SMILES string of the molecule is CNCCCNC(=O)c1ccccc1NS(=O)(=O)c1ccc(C)cc1. The summed E-state index contributed by atoms with van der Waals surface area (Å²) in [6.45, 7) is 3.19. The first kappa shape index (κ1) is 19.0. The van der Waals surface area contributed by atoms with Gasteiger partial charge in [-0.25, -0.2) is 8.42 Å². The first-order chi connectivity index (χ1) is 11.9. The van der Waals surface area contributed by atoms with E-state index < -0.39 is 10.0 Å². The van der Waals surface area contributed by atoms with Crippen molar-refractivity contribution in [2.24, 2.45) is 0 Å². The molecule has 0 radical (unpaired) electrons. The number of nitrogens with one attached hydrogen (secondary N) is 3. The van der Waals surface area contributed by atoms with Crippen molar-refractivity contribution in [3.8, 4) is 0 Å². The number of amides is 1. The van der Waals surface area contributed by atoms with Gasteiger partial charge in [-0.15, -0.1) is 0 Å². The summed E-state index contributed by atoms with van der Waals surface area (Å²) in [5.41, 5.74) is 1.53. The van der Waals surface area contributed by atoms with E-state index in [0.717, 1.165) is 18.5 Å². The third-order valence-corrected chi connectivity index (χ3v) is 5.02. The highest BCUT2D eigenvalue weighted by Gasteiger charge is 2.18. The Morgan fingerprint density at radius 3 is 2.36 bits per heavy atom. The van der Waals surface area contributed by atoms with E-state index in [1.807, 2.05) is 14.0 Å². The predicted octanol–water partition coefficient (Wildman–Crippen LogP) is 2.14. The Morgan fingerprint density at radius 2 is 1.68 bits per heavy atom. The molecule has 3 N–H and O–H groups in total. The normalized spacial score (nSPS) is 11.1. The number of carbonyl (C=O) groups is 1. The van der Waals surface area contributed by atoms with Crippen LogP contribution in [0.2, 0.25) is 0 Å². The molecule has 0 spiro atoms. The third-order valence-electron chi connectivity index (χ3n) is 3.64. The quantitative estimate of drug-likeness (QED) is 0.629. The average molecular weight is 361 g/mol. The van der Waals surface area contributed by atoms with Gasteiger partial charge in [0.05, 0.1) is 16.1 Å². The molecule has 0 aromatic heterocycles. The van der Waals surface area contributed by atoms with Crippen LogP contribution in [0.25, 0.3) is 0 Å². The van der Waals surface area contributed by atoms with Crippen LogP contribution in [0.3, 0.4) is 0 Å². The van der Waals surface area contributed by atoms with Crippen LogP contribution in [-0.2, 0) is 10.0 Å². The Morgan fingerprint density at radius 1 is 1.00 bits per heavy atom. The lowest BCUT2D eigenvalue weighted by Gasteiger charge is -2.13. The first-order valence-electron chi connectivity index (χ1n) is 8.05. The molecule has 6 nitrogen and oxygen atoms in total. The lowest BCUT2D eigenvalue weighted by Crippen LogP contribution is -2.27. The van der Waals surface area contributed by atoms with Crippen molar-refractivity contribution >= 4 is 21.6 Å². The van der Waals surface area contributed by atoms with Crippen LogP contribution in [0.5, 0.6) is 0 Å². The van der Waals surface area contributed by atoms with Gasteiger partial charge in [-0.3, -0.25) is 9.52 Å². The number of sulfonamides is 1. The van der Waals surface area contributed by atoms with Gasteiger partial charge in [0, 0.05) is 6.54 Å². The molecule has 2 rings (SSSR count). The number of benzene rings is 2. The van der Waals surface area contributed by atoms with Gasteiger partial charge in [0.25, 0.3) is 15.9 Å². The largest absolute Gasteiger partial charge is 0.352 e. The smallest absolute Gasteiger partial charge is 0.261 e. The number of hydrogen-bond donors (Lipinski definition) is 3. The van der Waals surface area contributed by atoms with E-state index in [4.69, 9.17) is 0 Å². The van der Waals surface area contributed by atoms with Crippen LogP contribution in [0.15, 0.2) is 53.4 Å². The van der Waals surface area contributed by atoms with Crippen molar-refractivity contribution < 1.29 is 13.2 Å². The van der Waals surface area contributed by atoms with Gasteiger partial charge < -0.3 is 10.6 Å². The fourth-order valence-corrected chi connectivity index (χ4v) is 3.33. The number of carbonyl (C=O) groups excluding carboxylic acids is 1. The molecular weight excluding hydrogens is 338 g/mol. The van der Waals surface area contributed by atoms with Gasteiger partial charge >= 0.3 is 0 Å². The Kier molecular flexibility index (Phi) is 6.55. The molecule has 0 aliphatic heterocycles. The minimum Gasteiger partial charge on any atom is -0.352 e. The monoisotopic (exact) mass is 361 g/mol. The molecule has 0 fully saturated rings. The van der Waals surface area contributed by atoms with Crippen molar-refractivity contribution in [2.75, 3.05) is 24.9 Å². The molecule has 2 aromatic rings. The maximum atomic E-state index is 12.5. The Hall–Kier alpha value is -2.38.